The predicted molar refractivity (Wildman–Crippen MR) is 95.9 cm³/mol. The van der Waals surface area contributed by atoms with Gasteiger partial charge in [-0.2, -0.15) is 0 Å². The molecule has 1 saturated heterocycles. The van der Waals surface area contributed by atoms with Crippen molar-refractivity contribution in [2.75, 3.05) is 12.1 Å². The molecule has 4 rings (SSSR count). The second-order valence-corrected chi connectivity index (χ2v) is 6.69. The lowest BCUT2D eigenvalue weighted by Crippen LogP contribution is -2.25. The summed E-state index contributed by atoms with van der Waals surface area (Å²) in [5.41, 5.74) is 5.29. The minimum atomic E-state index is -0.220. The fourth-order valence-corrected chi connectivity index (χ4v) is 3.87. The molecular formula is C18H19N3O2S. The van der Waals surface area contributed by atoms with E-state index in [1.165, 1.54) is 0 Å². The Hall–Kier alpha value is -2.02. The smallest absolute Gasteiger partial charge is 0.183 e. The van der Waals surface area contributed by atoms with Crippen LogP contribution in [0.15, 0.2) is 35.7 Å². The van der Waals surface area contributed by atoms with Gasteiger partial charge in [-0.05, 0) is 25.3 Å². The van der Waals surface area contributed by atoms with Crippen LogP contribution in [0.3, 0.4) is 0 Å². The molecule has 0 bridgehead atoms. The van der Waals surface area contributed by atoms with E-state index in [4.69, 9.17) is 9.57 Å². The van der Waals surface area contributed by atoms with Gasteiger partial charge in [0.15, 0.2) is 12.1 Å². The first-order chi connectivity index (χ1) is 11.8. The van der Waals surface area contributed by atoms with Gasteiger partial charge in [-0.1, -0.05) is 30.3 Å². The zero-order valence-corrected chi connectivity index (χ0v) is 14.3. The first kappa shape index (κ1) is 15.5. The van der Waals surface area contributed by atoms with E-state index in [1.807, 2.05) is 25.1 Å². The zero-order valence-electron chi connectivity index (χ0n) is 13.5. The van der Waals surface area contributed by atoms with E-state index >= 15 is 0 Å². The van der Waals surface area contributed by atoms with Crippen LogP contribution in [0.1, 0.15) is 25.1 Å². The highest BCUT2D eigenvalue weighted by atomic mass is 32.1. The van der Waals surface area contributed by atoms with Crippen molar-refractivity contribution in [3.05, 3.63) is 41.5 Å². The molecular weight excluding hydrogens is 322 g/mol. The standard InChI is InChI=1S/C18H19N3O2S/c1-12-19-17(21-23-15-9-5-6-10-22-15)16-14(11-24-18(16)20-12)13-7-3-2-4-8-13/h2-4,7-8,11,15H,5-6,9-10H2,1H3,(H,19,20,21). The average molecular weight is 341 g/mol. The van der Waals surface area contributed by atoms with Gasteiger partial charge in [0.2, 0.25) is 0 Å². The summed E-state index contributed by atoms with van der Waals surface area (Å²) in [7, 11) is 0. The summed E-state index contributed by atoms with van der Waals surface area (Å²) in [6.07, 6.45) is 2.90. The van der Waals surface area contributed by atoms with Crippen molar-refractivity contribution in [3.8, 4) is 11.1 Å². The Morgan fingerprint density at radius 3 is 2.88 bits per heavy atom. The summed E-state index contributed by atoms with van der Waals surface area (Å²) in [4.78, 5) is 15.8. The van der Waals surface area contributed by atoms with Crippen LogP contribution >= 0.6 is 11.3 Å². The van der Waals surface area contributed by atoms with Crippen LogP contribution in [0, 0.1) is 6.92 Å². The van der Waals surface area contributed by atoms with Gasteiger partial charge in [-0.15, -0.1) is 11.3 Å². The van der Waals surface area contributed by atoms with E-state index in [1.54, 1.807) is 11.3 Å². The molecule has 0 radical (unpaired) electrons. The quantitative estimate of drug-likeness (QED) is 0.706. The summed E-state index contributed by atoms with van der Waals surface area (Å²) in [5, 5.41) is 3.11. The number of aryl methyl sites for hydroxylation is 1. The number of hydrogen-bond donors (Lipinski definition) is 1. The molecule has 6 heteroatoms. The molecule has 1 aromatic carbocycles. The highest BCUT2D eigenvalue weighted by molar-refractivity contribution is 7.17. The third-order valence-corrected chi connectivity index (χ3v) is 4.93. The van der Waals surface area contributed by atoms with Crippen molar-refractivity contribution in [1.82, 2.24) is 9.97 Å². The number of aromatic nitrogens is 2. The third kappa shape index (κ3) is 3.13. The van der Waals surface area contributed by atoms with Crippen LogP contribution in [0.25, 0.3) is 21.3 Å². The molecule has 2 aromatic heterocycles. The fraction of sp³-hybridized carbons (Fsp3) is 0.333. The van der Waals surface area contributed by atoms with Crippen LogP contribution in [0.2, 0.25) is 0 Å². The number of fused-ring (bicyclic) bond motifs is 1. The molecule has 1 fully saturated rings. The zero-order chi connectivity index (χ0) is 16.4. The van der Waals surface area contributed by atoms with Crippen molar-refractivity contribution >= 4 is 27.4 Å². The molecule has 0 saturated carbocycles. The Morgan fingerprint density at radius 2 is 2.08 bits per heavy atom. The second-order valence-electron chi connectivity index (χ2n) is 5.83. The van der Waals surface area contributed by atoms with Gasteiger partial charge in [0.1, 0.15) is 10.7 Å². The summed E-state index contributed by atoms with van der Waals surface area (Å²) in [6, 6.07) is 10.3. The van der Waals surface area contributed by atoms with Gasteiger partial charge in [0.05, 0.1) is 5.39 Å². The molecule has 1 aliphatic rings. The maximum absolute atomic E-state index is 5.73. The van der Waals surface area contributed by atoms with Crippen molar-refractivity contribution < 1.29 is 9.57 Å². The molecule has 0 aliphatic carbocycles. The maximum atomic E-state index is 5.73. The molecule has 5 nitrogen and oxygen atoms in total. The van der Waals surface area contributed by atoms with Gasteiger partial charge < -0.3 is 4.74 Å². The lowest BCUT2D eigenvalue weighted by atomic mass is 10.1. The number of hydrogen-bond acceptors (Lipinski definition) is 6. The molecule has 124 valence electrons. The van der Waals surface area contributed by atoms with Crippen LogP contribution in [-0.4, -0.2) is 22.9 Å². The average Bonchev–Trinajstić information content (AvgIpc) is 3.05. The highest BCUT2D eigenvalue weighted by Gasteiger charge is 2.18. The molecule has 24 heavy (non-hydrogen) atoms. The number of thiophene rings is 1. The Bertz CT molecular complexity index is 829. The molecule has 0 spiro atoms. The highest BCUT2D eigenvalue weighted by Crippen LogP contribution is 2.37. The Morgan fingerprint density at radius 1 is 1.21 bits per heavy atom. The molecule has 1 N–H and O–H groups in total. The first-order valence-corrected chi connectivity index (χ1v) is 9.04. The number of ether oxygens (including phenoxy) is 1. The fourth-order valence-electron chi connectivity index (χ4n) is 2.88. The number of rotatable bonds is 4. The van der Waals surface area contributed by atoms with Crippen LogP contribution in [0.5, 0.6) is 0 Å². The molecule has 1 unspecified atom stereocenters. The van der Waals surface area contributed by atoms with E-state index in [9.17, 15) is 0 Å². The summed E-state index contributed by atoms with van der Waals surface area (Å²) >= 11 is 1.62. The van der Waals surface area contributed by atoms with Crippen molar-refractivity contribution in [3.63, 3.8) is 0 Å². The number of nitrogens with zero attached hydrogens (tertiary/aromatic N) is 2. The summed E-state index contributed by atoms with van der Waals surface area (Å²) in [5.74, 6) is 1.42. The third-order valence-electron chi connectivity index (χ3n) is 4.06. The number of anilines is 1. The van der Waals surface area contributed by atoms with E-state index in [2.05, 4.69) is 33.0 Å². The van der Waals surface area contributed by atoms with Gasteiger partial charge >= 0.3 is 0 Å². The largest absolute Gasteiger partial charge is 0.350 e. The van der Waals surface area contributed by atoms with Gasteiger partial charge in [0.25, 0.3) is 0 Å². The lowest BCUT2D eigenvalue weighted by Gasteiger charge is -2.22. The second kappa shape index (κ2) is 6.84. The van der Waals surface area contributed by atoms with Crippen LogP contribution in [-0.2, 0) is 9.57 Å². The molecule has 3 aromatic rings. The topological polar surface area (TPSA) is 56.3 Å². The van der Waals surface area contributed by atoms with Crippen LogP contribution in [0.4, 0.5) is 5.82 Å². The van der Waals surface area contributed by atoms with Crippen LogP contribution < -0.4 is 5.48 Å². The van der Waals surface area contributed by atoms with Crippen molar-refractivity contribution in [1.29, 1.82) is 0 Å². The molecule has 1 atom stereocenters. The number of nitrogens with one attached hydrogen (secondary N) is 1. The summed E-state index contributed by atoms with van der Waals surface area (Å²) < 4.78 is 5.61. The van der Waals surface area contributed by atoms with Gasteiger partial charge in [0, 0.05) is 24.0 Å². The SMILES string of the molecule is Cc1nc(NOC2CCCCO2)c2c(-c3ccccc3)csc2n1. The maximum Gasteiger partial charge on any atom is 0.183 e. The lowest BCUT2D eigenvalue weighted by molar-refractivity contribution is -0.145. The minimum absolute atomic E-state index is 0.220. The Labute approximate surface area is 144 Å². The van der Waals surface area contributed by atoms with Gasteiger partial charge in [-0.25, -0.2) is 20.3 Å². The van der Waals surface area contributed by atoms with Gasteiger partial charge in [-0.3, -0.25) is 0 Å². The van der Waals surface area contributed by atoms with E-state index in [0.717, 1.165) is 53.0 Å². The van der Waals surface area contributed by atoms with Crippen molar-refractivity contribution in [2.45, 2.75) is 32.5 Å². The molecule has 1 aliphatic heterocycles. The van der Waals surface area contributed by atoms with E-state index < -0.39 is 0 Å². The summed E-state index contributed by atoms with van der Waals surface area (Å²) in [6.45, 7) is 2.64. The normalized spacial score (nSPS) is 18.0. The Balaban J connectivity index is 1.69. The molecule has 0 amide bonds. The van der Waals surface area contributed by atoms with Crippen molar-refractivity contribution in [2.24, 2.45) is 0 Å². The Kier molecular flexibility index (Phi) is 4.42. The minimum Gasteiger partial charge on any atom is -0.350 e. The predicted octanol–water partition coefficient (Wildman–Crippen LogP) is 4.54. The monoisotopic (exact) mass is 341 g/mol. The van der Waals surface area contributed by atoms with E-state index in [0.29, 0.717) is 5.82 Å². The van der Waals surface area contributed by atoms with E-state index in [-0.39, 0.29) is 6.29 Å². The molecule has 3 heterocycles. The first-order valence-electron chi connectivity index (χ1n) is 8.16. The number of benzene rings is 1.